The van der Waals surface area contributed by atoms with Crippen LogP contribution in [0, 0.1) is 0 Å². The van der Waals surface area contributed by atoms with E-state index in [0.717, 1.165) is 0 Å². The van der Waals surface area contributed by atoms with Gasteiger partial charge >= 0.3 is 12.0 Å². The summed E-state index contributed by atoms with van der Waals surface area (Å²) in [6, 6.07) is 7.20. The number of urea groups is 1. The maximum absolute atomic E-state index is 11.1. The maximum Gasteiger partial charge on any atom is 0.375 e. The third-order valence-corrected chi connectivity index (χ3v) is 1.27. The lowest BCUT2D eigenvalue weighted by Crippen LogP contribution is -2.30. The van der Waals surface area contributed by atoms with Crippen LogP contribution < -0.4 is 11.2 Å². The van der Waals surface area contributed by atoms with Crippen molar-refractivity contribution >= 4 is 12.0 Å². The highest BCUT2D eigenvalue weighted by Gasteiger charge is 2.07. The maximum atomic E-state index is 11.1. The summed E-state index contributed by atoms with van der Waals surface area (Å²) in [5.41, 5.74) is 6.60. The average molecular weight is 196 g/mol. The first-order valence-corrected chi connectivity index (χ1v) is 3.68. The number of nitrogens with two attached hydrogens (primary N) is 1. The Morgan fingerprint density at radius 2 is 1.86 bits per heavy atom. The van der Waals surface area contributed by atoms with Crippen molar-refractivity contribution in [3.8, 4) is 0 Å². The molecule has 0 unspecified atom stereocenters. The van der Waals surface area contributed by atoms with Crippen LogP contribution in [0.3, 0.4) is 0 Å². The molecule has 0 spiro atoms. The number of hydrogen-bond donors (Lipinski definition) is 2. The van der Waals surface area contributed by atoms with Crippen LogP contribution in [0.15, 0.2) is 30.3 Å². The molecule has 0 fully saturated rings. The lowest BCUT2D eigenvalue weighted by molar-refractivity contribution is -0.272. The zero-order chi connectivity index (χ0) is 10.4. The Morgan fingerprint density at radius 3 is 2.43 bits per heavy atom. The second-order valence-corrected chi connectivity index (χ2v) is 2.29. The molecule has 0 bridgehead atoms. The Morgan fingerprint density at radius 1 is 1.21 bits per heavy atom. The topological polar surface area (TPSA) is 90.7 Å². The standard InChI is InChI=1S/C8H8N2O4/c9-8(12)10-14-13-7(11)6-4-2-1-3-5-6/h1-5H,(H3,9,10,12). The van der Waals surface area contributed by atoms with E-state index in [4.69, 9.17) is 0 Å². The molecule has 0 heterocycles. The Labute approximate surface area is 79.5 Å². The number of amides is 2. The number of nitrogens with one attached hydrogen (secondary N) is 1. The third kappa shape index (κ3) is 3.11. The summed E-state index contributed by atoms with van der Waals surface area (Å²) in [6.07, 6.45) is 0. The SMILES string of the molecule is NC(=O)NOOC(=O)c1ccccc1. The van der Waals surface area contributed by atoms with E-state index in [-0.39, 0.29) is 0 Å². The molecule has 1 aromatic rings. The van der Waals surface area contributed by atoms with Gasteiger partial charge in [0, 0.05) is 0 Å². The quantitative estimate of drug-likeness (QED) is 0.539. The molecule has 0 aliphatic heterocycles. The lowest BCUT2D eigenvalue weighted by Gasteiger charge is -2.01. The van der Waals surface area contributed by atoms with Crippen molar-refractivity contribution < 1.29 is 19.5 Å². The van der Waals surface area contributed by atoms with E-state index in [0.29, 0.717) is 5.56 Å². The molecule has 0 atom stereocenters. The normalized spacial score (nSPS) is 9.14. The first-order valence-electron chi connectivity index (χ1n) is 3.68. The molecule has 74 valence electrons. The molecular formula is C8H8N2O4. The number of benzene rings is 1. The van der Waals surface area contributed by atoms with Gasteiger partial charge < -0.3 is 5.73 Å². The fraction of sp³-hybridized carbons (Fsp3) is 0. The molecule has 0 aromatic heterocycles. The number of primary amides is 1. The van der Waals surface area contributed by atoms with Gasteiger partial charge in [0.2, 0.25) is 0 Å². The van der Waals surface area contributed by atoms with Gasteiger partial charge in [0.25, 0.3) is 0 Å². The van der Waals surface area contributed by atoms with E-state index in [1.165, 1.54) is 12.1 Å². The monoisotopic (exact) mass is 196 g/mol. The van der Waals surface area contributed by atoms with Gasteiger partial charge in [-0.05, 0) is 12.1 Å². The minimum Gasteiger partial charge on any atom is -0.350 e. The fourth-order valence-electron chi connectivity index (χ4n) is 0.722. The minimum atomic E-state index is -0.953. The Kier molecular flexibility index (Phi) is 3.45. The van der Waals surface area contributed by atoms with Crippen LogP contribution in [-0.2, 0) is 9.88 Å². The van der Waals surface area contributed by atoms with Crippen LogP contribution in [0.25, 0.3) is 0 Å². The van der Waals surface area contributed by atoms with Crippen molar-refractivity contribution in [1.82, 2.24) is 5.48 Å². The van der Waals surface area contributed by atoms with Crippen molar-refractivity contribution in [1.29, 1.82) is 0 Å². The summed E-state index contributed by atoms with van der Waals surface area (Å²) >= 11 is 0. The lowest BCUT2D eigenvalue weighted by atomic mass is 10.2. The first-order chi connectivity index (χ1) is 6.70. The summed E-state index contributed by atoms with van der Waals surface area (Å²) in [5, 5.41) is 0. The van der Waals surface area contributed by atoms with Crippen molar-refractivity contribution in [2.24, 2.45) is 5.73 Å². The first kappa shape index (κ1) is 10.0. The molecule has 1 aromatic carbocycles. The van der Waals surface area contributed by atoms with E-state index in [1.54, 1.807) is 23.7 Å². The second-order valence-electron chi connectivity index (χ2n) is 2.29. The van der Waals surface area contributed by atoms with Crippen LogP contribution in [0.4, 0.5) is 4.79 Å². The fourth-order valence-corrected chi connectivity index (χ4v) is 0.722. The summed E-state index contributed by atoms with van der Waals surface area (Å²) < 4.78 is 0. The molecule has 0 aliphatic carbocycles. The molecule has 3 N–H and O–H groups in total. The number of hydrogen-bond acceptors (Lipinski definition) is 4. The largest absolute Gasteiger partial charge is 0.375 e. The Bertz CT molecular complexity index is 325. The number of carbonyl (C=O) groups is 2. The van der Waals surface area contributed by atoms with Gasteiger partial charge in [0.1, 0.15) is 0 Å². The van der Waals surface area contributed by atoms with Crippen LogP contribution in [0.2, 0.25) is 0 Å². The van der Waals surface area contributed by atoms with Crippen LogP contribution in [0.1, 0.15) is 10.4 Å². The molecule has 0 radical (unpaired) electrons. The Balaban J connectivity index is 2.40. The van der Waals surface area contributed by atoms with E-state index in [1.807, 2.05) is 0 Å². The second kappa shape index (κ2) is 4.83. The molecular weight excluding hydrogens is 188 g/mol. The summed E-state index contributed by atoms with van der Waals surface area (Å²) in [6.45, 7) is 0. The van der Waals surface area contributed by atoms with Crippen molar-refractivity contribution in [2.45, 2.75) is 0 Å². The van der Waals surface area contributed by atoms with Crippen molar-refractivity contribution in [3.05, 3.63) is 35.9 Å². The summed E-state index contributed by atoms with van der Waals surface area (Å²) in [5.74, 6) is -0.723. The van der Waals surface area contributed by atoms with Gasteiger partial charge in [-0.3, -0.25) is 4.89 Å². The van der Waals surface area contributed by atoms with Crippen molar-refractivity contribution in [3.63, 3.8) is 0 Å². The number of rotatable bonds is 3. The molecule has 6 heteroatoms. The third-order valence-electron chi connectivity index (χ3n) is 1.27. The molecule has 2 amide bonds. The molecule has 0 aliphatic rings. The van der Waals surface area contributed by atoms with E-state index in [9.17, 15) is 9.59 Å². The van der Waals surface area contributed by atoms with Crippen LogP contribution in [0.5, 0.6) is 0 Å². The van der Waals surface area contributed by atoms with Gasteiger partial charge in [0.05, 0.1) is 5.56 Å². The van der Waals surface area contributed by atoms with E-state index < -0.39 is 12.0 Å². The summed E-state index contributed by atoms with van der Waals surface area (Å²) in [7, 11) is 0. The zero-order valence-electron chi connectivity index (χ0n) is 7.10. The number of carbonyl (C=O) groups excluding carboxylic acids is 2. The molecule has 0 saturated carbocycles. The predicted molar refractivity (Wildman–Crippen MR) is 45.7 cm³/mol. The van der Waals surface area contributed by atoms with Crippen LogP contribution in [-0.4, -0.2) is 12.0 Å². The molecule has 1 rings (SSSR count). The predicted octanol–water partition coefficient (Wildman–Crippen LogP) is 0.358. The highest BCUT2D eigenvalue weighted by atomic mass is 17.3. The average Bonchev–Trinajstić information content (AvgIpc) is 2.18. The smallest absolute Gasteiger partial charge is 0.350 e. The highest BCUT2D eigenvalue weighted by Crippen LogP contribution is 2.00. The van der Waals surface area contributed by atoms with Gasteiger partial charge in [-0.2, -0.15) is 5.48 Å². The van der Waals surface area contributed by atoms with Gasteiger partial charge in [-0.25, -0.2) is 9.59 Å². The van der Waals surface area contributed by atoms with Crippen molar-refractivity contribution in [2.75, 3.05) is 0 Å². The van der Waals surface area contributed by atoms with E-state index in [2.05, 4.69) is 15.6 Å². The van der Waals surface area contributed by atoms with Gasteiger partial charge in [0.15, 0.2) is 0 Å². The van der Waals surface area contributed by atoms with Crippen LogP contribution >= 0.6 is 0 Å². The zero-order valence-corrected chi connectivity index (χ0v) is 7.10. The highest BCUT2D eigenvalue weighted by molar-refractivity contribution is 5.88. The minimum absolute atomic E-state index is 0.304. The Hall–Kier alpha value is -2.08. The van der Waals surface area contributed by atoms with Gasteiger partial charge in [-0.1, -0.05) is 23.2 Å². The molecule has 14 heavy (non-hydrogen) atoms. The number of hydroxylamine groups is 1. The molecule has 0 saturated heterocycles. The van der Waals surface area contributed by atoms with E-state index >= 15 is 0 Å². The molecule has 6 nitrogen and oxygen atoms in total. The summed E-state index contributed by atoms with van der Waals surface area (Å²) in [4.78, 5) is 29.4. The van der Waals surface area contributed by atoms with Gasteiger partial charge in [-0.15, -0.1) is 0 Å².